The Bertz CT molecular complexity index is 620. The Morgan fingerprint density at radius 3 is 2.33 bits per heavy atom. The monoisotopic (exact) mass is 313 g/mol. The molecule has 0 saturated heterocycles. The standard InChI is InChI=1S/C15H18ClF2N3/c1-9-15(16)14(21(3)20-9)8-13(19-2)6-10-4-11(17)7-12(18)5-10/h4-5,7,13,19H,6,8H2,1-3H3. The Kier molecular flexibility index (Phi) is 4.96. The van der Waals surface area contributed by atoms with E-state index in [2.05, 4.69) is 10.4 Å². The molecule has 1 aromatic heterocycles. The second-order valence-corrected chi connectivity index (χ2v) is 5.52. The Balaban J connectivity index is 2.16. The minimum atomic E-state index is -0.561. The van der Waals surface area contributed by atoms with Crippen LogP contribution in [0.4, 0.5) is 8.78 Å². The van der Waals surface area contributed by atoms with Crippen LogP contribution in [0.15, 0.2) is 18.2 Å². The molecule has 0 aliphatic heterocycles. The molecule has 0 aliphatic rings. The summed E-state index contributed by atoms with van der Waals surface area (Å²) < 4.78 is 28.2. The minimum Gasteiger partial charge on any atom is -0.316 e. The van der Waals surface area contributed by atoms with E-state index in [1.807, 2.05) is 21.0 Å². The lowest BCUT2D eigenvalue weighted by atomic mass is 10.0. The summed E-state index contributed by atoms with van der Waals surface area (Å²) in [6, 6.07) is 3.59. The molecule has 1 atom stereocenters. The van der Waals surface area contributed by atoms with Crippen LogP contribution in [0, 0.1) is 18.6 Å². The fourth-order valence-corrected chi connectivity index (χ4v) is 2.66. The molecular weight excluding hydrogens is 296 g/mol. The number of halogens is 3. The van der Waals surface area contributed by atoms with Crippen molar-refractivity contribution in [2.45, 2.75) is 25.8 Å². The minimum absolute atomic E-state index is 0.0125. The van der Waals surface area contributed by atoms with Crippen LogP contribution in [0.25, 0.3) is 0 Å². The van der Waals surface area contributed by atoms with Crippen LogP contribution in [0.1, 0.15) is 17.0 Å². The molecule has 0 spiro atoms. The summed E-state index contributed by atoms with van der Waals surface area (Å²) in [5, 5.41) is 8.07. The first-order chi connectivity index (χ1) is 9.90. The van der Waals surface area contributed by atoms with Crippen LogP contribution < -0.4 is 5.32 Å². The first-order valence-corrected chi connectivity index (χ1v) is 7.08. The average molecular weight is 314 g/mol. The van der Waals surface area contributed by atoms with Crippen LogP contribution >= 0.6 is 11.6 Å². The predicted octanol–water partition coefficient (Wildman–Crippen LogP) is 3.03. The van der Waals surface area contributed by atoms with Crippen molar-refractivity contribution >= 4 is 11.6 Å². The van der Waals surface area contributed by atoms with Crippen molar-refractivity contribution in [2.75, 3.05) is 7.05 Å². The molecule has 0 aliphatic carbocycles. The van der Waals surface area contributed by atoms with Gasteiger partial charge in [-0.2, -0.15) is 5.10 Å². The topological polar surface area (TPSA) is 29.9 Å². The number of benzene rings is 1. The van der Waals surface area contributed by atoms with E-state index in [1.54, 1.807) is 4.68 Å². The molecule has 0 saturated carbocycles. The van der Waals surface area contributed by atoms with Crippen molar-refractivity contribution in [1.82, 2.24) is 15.1 Å². The van der Waals surface area contributed by atoms with E-state index < -0.39 is 11.6 Å². The number of likely N-dealkylation sites (N-methyl/N-ethyl adjacent to an activating group) is 1. The molecule has 1 aromatic carbocycles. The number of rotatable bonds is 5. The Morgan fingerprint density at radius 1 is 1.24 bits per heavy atom. The lowest BCUT2D eigenvalue weighted by Crippen LogP contribution is -2.31. The van der Waals surface area contributed by atoms with Gasteiger partial charge in [-0.15, -0.1) is 0 Å². The molecule has 2 aromatic rings. The molecule has 3 nitrogen and oxygen atoms in total. The zero-order valence-corrected chi connectivity index (χ0v) is 13.0. The van der Waals surface area contributed by atoms with E-state index in [-0.39, 0.29) is 6.04 Å². The van der Waals surface area contributed by atoms with Gasteiger partial charge in [-0.25, -0.2) is 8.78 Å². The normalized spacial score (nSPS) is 12.7. The number of hydrogen-bond acceptors (Lipinski definition) is 2. The summed E-state index contributed by atoms with van der Waals surface area (Å²) in [6.07, 6.45) is 1.14. The Hall–Kier alpha value is -1.46. The molecule has 2 rings (SSSR count). The lowest BCUT2D eigenvalue weighted by Gasteiger charge is -2.17. The van der Waals surface area contributed by atoms with Crippen LogP contribution in [-0.2, 0) is 19.9 Å². The van der Waals surface area contributed by atoms with Gasteiger partial charge < -0.3 is 5.32 Å². The van der Waals surface area contributed by atoms with Gasteiger partial charge in [-0.1, -0.05) is 11.6 Å². The number of aryl methyl sites for hydroxylation is 2. The smallest absolute Gasteiger partial charge is 0.126 e. The first-order valence-electron chi connectivity index (χ1n) is 6.71. The number of nitrogens with zero attached hydrogens (tertiary/aromatic N) is 2. The maximum atomic E-state index is 13.2. The zero-order chi connectivity index (χ0) is 15.6. The third kappa shape index (κ3) is 3.80. The van der Waals surface area contributed by atoms with Crippen LogP contribution in [0.3, 0.4) is 0 Å². The van der Waals surface area contributed by atoms with E-state index in [0.717, 1.165) is 17.5 Å². The molecule has 6 heteroatoms. The highest BCUT2D eigenvalue weighted by Crippen LogP contribution is 2.21. The summed E-state index contributed by atoms with van der Waals surface area (Å²) in [5.74, 6) is -1.12. The zero-order valence-electron chi connectivity index (χ0n) is 12.3. The Labute approximate surface area is 127 Å². The third-order valence-corrected chi connectivity index (χ3v) is 4.01. The molecule has 0 radical (unpaired) electrons. The first kappa shape index (κ1) is 15.9. The SMILES string of the molecule is CNC(Cc1cc(F)cc(F)c1)Cc1c(Cl)c(C)nn1C. The van der Waals surface area contributed by atoms with Gasteiger partial charge in [0.15, 0.2) is 0 Å². The van der Waals surface area contributed by atoms with Gasteiger partial charge in [0.05, 0.1) is 16.4 Å². The number of aromatic nitrogens is 2. The van der Waals surface area contributed by atoms with E-state index in [0.29, 0.717) is 23.4 Å². The highest BCUT2D eigenvalue weighted by molar-refractivity contribution is 6.31. The fourth-order valence-electron chi connectivity index (χ4n) is 2.42. The van der Waals surface area contributed by atoms with Crippen LogP contribution in [0.2, 0.25) is 5.02 Å². The van der Waals surface area contributed by atoms with Crippen molar-refractivity contribution in [3.8, 4) is 0 Å². The molecule has 1 N–H and O–H groups in total. The van der Waals surface area contributed by atoms with Gasteiger partial charge in [-0.3, -0.25) is 4.68 Å². The van der Waals surface area contributed by atoms with Crippen molar-refractivity contribution in [3.05, 3.63) is 51.8 Å². The summed E-state index contributed by atoms with van der Waals surface area (Å²) in [7, 11) is 3.65. The molecule has 1 unspecified atom stereocenters. The molecule has 0 bridgehead atoms. The number of hydrogen-bond donors (Lipinski definition) is 1. The summed E-state index contributed by atoms with van der Waals surface area (Å²) in [4.78, 5) is 0. The van der Waals surface area contributed by atoms with Gasteiger partial charge >= 0.3 is 0 Å². The fraction of sp³-hybridized carbons (Fsp3) is 0.400. The molecule has 1 heterocycles. The van der Waals surface area contributed by atoms with Gasteiger partial charge in [0.25, 0.3) is 0 Å². The van der Waals surface area contributed by atoms with Gasteiger partial charge in [0, 0.05) is 25.6 Å². The highest BCUT2D eigenvalue weighted by atomic mass is 35.5. The highest BCUT2D eigenvalue weighted by Gasteiger charge is 2.17. The maximum Gasteiger partial charge on any atom is 0.126 e. The van der Waals surface area contributed by atoms with Crippen LogP contribution in [-0.4, -0.2) is 22.9 Å². The molecular formula is C15H18ClF2N3. The summed E-state index contributed by atoms with van der Waals surface area (Å²) >= 11 is 6.24. The van der Waals surface area contributed by atoms with E-state index in [1.165, 1.54) is 12.1 Å². The largest absolute Gasteiger partial charge is 0.316 e. The van der Waals surface area contributed by atoms with Gasteiger partial charge in [0.1, 0.15) is 11.6 Å². The molecule has 0 amide bonds. The molecule has 114 valence electrons. The second-order valence-electron chi connectivity index (χ2n) is 5.14. The van der Waals surface area contributed by atoms with E-state index in [9.17, 15) is 8.78 Å². The van der Waals surface area contributed by atoms with E-state index in [4.69, 9.17) is 11.6 Å². The Morgan fingerprint density at radius 2 is 1.86 bits per heavy atom. The average Bonchev–Trinajstić information content (AvgIpc) is 2.63. The predicted molar refractivity (Wildman–Crippen MR) is 79.6 cm³/mol. The summed E-state index contributed by atoms with van der Waals surface area (Å²) in [6.45, 7) is 1.85. The van der Waals surface area contributed by atoms with Crippen molar-refractivity contribution in [2.24, 2.45) is 7.05 Å². The van der Waals surface area contributed by atoms with Crippen LogP contribution in [0.5, 0.6) is 0 Å². The number of nitrogens with one attached hydrogen (secondary N) is 1. The van der Waals surface area contributed by atoms with Crippen molar-refractivity contribution in [3.63, 3.8) is 0 Å². The second kappa shape index (κ2) is 6.54. The van der Waals surface area contributed by atoms with Crippen molar-refractivity contribution in [1.29, 1.82) is 0 Å². The maximum absolute atomic E-state index is 13.2. The van der Waals surface area contributed by atoms with E-state index >= 15 is 0 Å². The third-order valence-electron chi connectivity index (χ3n) is 3.51. The van der Waals surface area contributed by atoms with Gasteiger partial charge in [-0.05, 0) is 38.1 Å². The lowest BCUT2D eigenvalue weighted by molar-refractivity contribution is 0.526. The van der Waals surface area contributed by atoms with Gasteiger partial charge in [0.2, 0.25) is 0 Å². The quantitative estimate of drug-likeness (QED) is 0.919. The van der Waals surface area contributed by atoms with Crippen molar-refractivity contribution < 1.29 is 8.78 Å². The molecule has 0 fully saturated rings. The summed E-state index contributed by atoms with van der Waals surface area (Å²) in [5.41, 5.74) is 2.30. The molecule has 21 heavy (non-hydrogen) atoms.